The zero-order valence-corrected chi connectivity index (χ0v) is 15.8. The molecule has 6 nitrogen and oxygen atoms in total. The van der Waals surface area contributed by atoms with Gasteiger partial charge in [-0.3, -0.25) is 4.79 Å². The third kappa shape index (κ3) is 4.70. The van der Waals surface area contributed by atoms with E-state index in [0.717, 1.165) is 28.5 Å². The van der Waals surface area contributed by atoms with Gasteiger partial charge in [-0.15, -0.1) is 0 Å². The summed E-state index contributed by atoms with van der Waals surface area (Å²) < 4.78 is 30.9. The number of aryl methyl sites for hydroxylation is 2. The van der Waals surface area contributed by atoms with Gasteiger partial charge in [0.2, 0.25) is 10.0 Å². The number of carbonyl (C=O) groups excluding carboxylic acids is 1. The van der Waals surface area contributed by atoms with E-state index in [1.165, 1.54) is 26.2 Å². The van der Waals surface area contributed by atoms with Crippen molar-refractivity contribution in [2.75, 3.05) is 14.1 Å². The predicted octanol–water partition coefficient (Wildman–Crippen LogP) is 2.59. The van der Waals surface area contributed by atoms with Gasteiger partial charge in [0.15, 0.2) is 0 Å². The van der Waals surface area contributed by atoms with Gasteiger partial charge in [0.25, 0.3) is 5.91 Å². The van der Waals surface area contributed by atoms with Crippen LogP contribution in [-0.4, -0.2) is 38.8 Å². The van der Waals surface area contributed by atoms with E-state index in [9.17, 15) is 13.2 Å². The van der Waals surface area contributed by atoms with Crippen LogP contribution in [0.2, 0.25) is 0 Å². The quantitative estimate of drug-likeness (QED) is 0.819. The molecule has 1 amide bonds. The lowest BCUT2D eigenvalue weighted by molar-refractivity contribution is 0.0937. The number of sulfonamides is 1. The maximum absolute atomic E-state index is 12.5. The molecule has 25 heavy (non-hydrogen) atoms. The number of furan rings is 1. The number of amides is 1. The number of carbonyl (C=O) groups is 1. The molecule has 0 unspecified atom stereocenters. The highest BCUT2D eigenvalue weighted by atomic mass is 32.2. The van der Waals surface area contributed by atoms with Gasteiger partial charge in [0.1, 0.15) is 5.76 Å². The van der Waals surface area contributed by atoms with Gasteiger partial charge < -0.3 is 9.73 Å². The summed E-state index contributed by atoms with van der Waals surface area (Å²) in [5, 5.41) is 2.92. The van der Waals surface area contributed by atoms with Gasteiger partial charge in [-0.1, -0.05) is 6.07 Å². The second kappa shape index (κ2) is 7.84. The van der Waals surface area contributed by atoms with Crippen LogP contribution in [0.4, 0.5) is 0 Å². The third-order valence-corrected chi connectivity index (χ3v) is 5.82. The Balaban J connectivity index is 2.10. The highest BCUT2D eigenvalue weighted by Gasteiger charge is 2.20. The minimum atomic E-state index is -3.58. The molecule has 0 fully saturated rings. The van der Waals surface area contributed by atoms with Crippen LogP contribution in [0, 0.1) is 6.92 Å². The number of hydrogen-bond donors (Lipinski definition) is 1. The molecule has 0 radical (unpaired) electrons. The average Bonchev–Trinajstić information content (AvgIpc) is 3.06. The first-order valence-corrected chi connectivity index (χ1v) is 9.52. The minimum absolute atomic E-state index is 0.0638. The molecule has 1 heterocycles. The molecule has 2 aromatic rings. The molecule has 0 aliphatic heterocycles. The van der Waals surface area contributed by atoms with Crippen LogP contribution < -0.4 is 5.32 Å². The molecule has 0 aliphatic carbocycles. The highest BCUT2D eigenvalue weighted by Crippen LogP contribution is 2.18. The Labute approximate surface area is 148 Å². The first-order chi connectivity index (χ1) is 11.7. The second-order valence-electron chi connectivity index (χ2n) is 6.26. The molecule has 0 saturated carbocycles. The van der Waals surface area contributed by atoms with Crippen molar-refractivity contribution < 1.29 is 17.6 Å². The lowest BCUT2D eigenvalue weighted by Gasteiger charge is -2.16. The van der Waals surface area contributed by atoms with E-state index >= 15 is 0 Å². The van der Waals surface area contributed by atoms with E-state index in [1.54, 1.807) is 19.3 Å². The van der Waals surface area contributed by atoms with Gasteiger partial charge >= 0.3 is 0 Å². The molecule has 0 spiro atoms. The first-order valence-electron chi connectivity index (χ1n) is 8.08. The Morgan fingerprint density at radius 3 is 2.60 bits per heavy atom. The van der Waals surface area contributed by atoms with Crippen LogP contribution in [0.5, 0.6) is 0 Å². The second-order valence-corrected chi connectivity index (χ2v) is 8.41. The number of nitrogens with one attached hydrogen (secondary N) is 1. The third-order valence-electron chi connectivity index (χ3n) is 4.01. The van der Waals surface area contributed by atoms with E-state index in [1.807, 2.05) is 19.1 Å². The summed E-state index contributed by atoms with van der Waals surface area (Å²) in [6, 6.07) is 8.26. The number of rotatable bonds is 7. The van der Waals surface area contributed by atoms with E-state index in [-0.39, 0.29) is 16.8 Å². The summed E-state index contributed by atoms with van der Waals surface area (Å²) in [5.41, 5.74) is 1.10. The van der Waals surface area contributed by atoms with Crippen molar-refractivity contribution in [2.45, 2.75) is 37.6 Å². The molecule has 1 aromatic heterocycles. The van der Waals surface area contributed by atoms with E-state index in [0.29, 0.717) is 5.56 Å². The van der Waals surface area contributed by atoms with Gasteiger partial charge in [-0.25, -0.2) is 12.7 Å². The summed E-state index contributed by atoms with van der Waals surface area (Å²) in [4.78, 5) is 12.7. The SMILES string of the molecule is Cc1ccc(S(=O)(=O)N(C)C)cc1C(=O)N[C@H](C)CCc1ccco1. The standard InChI is InChI=1S/C18H24N2O4S/c1-13-7-10-16(25(22,23)20(3)4)12-17(13)18(21)19-14(2)8-9-15-6-5-11-24-15/h5-7,10-12,14H,8-9H2,1-4H3,(H,19,21)/t14-/m1/s1. The molecule has 1 atom stereocenters. The average molecular weight is 364 g/mol. The summed E-state index contributed by atoms with van der Waals surface area (Å²) in [5.74, 6) is 0.594. The smallest absolute Gasteiger partial charge is 0.251 e. The van der Waals surface area contributed by atoms with Crippen LogP contribution in [0.15, 0.2) is 45.9 Å². The van der Waals surface area contributed by atoms with Crippen molar-refractivity contribution in [3.8, 4) is 0 Å². The zero-order chi connectivity index (χ0) is 18.6. The van der Waals surface area contributed by atoms with Crippen LogP contribution >= 0.6 is 0 Å². The maximum Gasteiger partial charge on any atom is 0.251 e. The Kier molecular flexibility index (Phi) is 6.02. The van der Waals surface area contributed by atoms with Gasteiger partial charge in [-0.05, 0) is 50.1 Å². The van der Waals surface area contributed by atoms with Crippen LogP contribution in [0.3, 0.4) is 0 Å². The fourth-order valence-corrected chi connectivity index (χ4v) is 3.33. The summed E-state index contributed by atoms with van der Waals surface area (Å²) in [6.45, 7) is 3.70. The number of hydrogen-bond acceptors (Lipinski definition) is 4. The predicted molar refractivity (Wildman–Crippen MR) is 96.0 cm³/mol. The molecule has 1 aromatic carbocycles. The monoisotopic (exact) mass is 364 g/mol. The van der Waals surface area contributed by atoms with Crippen molar-refractivity contribution in [2.24, 2.45) is 0 Å². The lowest BCUT2D eigenvalue weighted by atomic mass is 10.1. The van der Waals surface area contributed by atoms with Gasteiger partial charge in [0.05, 0.1) is 11.2 Å². The van der Waals surface area contributed by atoms with Gasteiger partial charge in [0, 0.05) is 32.1 Å². The largest absolute Gasteiger partial charge is 0.469 e. The fourth-order valence-electron chi connectivity index (χ4n) is 2.40. The van der Waals surface area contributed by atoms with Crippen LogP contribution in [0.1, 0.15) is 35.0 Å². The Morgan fingerprint density at radius 1 is 1.28 bits per heavy atom. The van der Waals surface area contributed by atoms with Crippen molar-refractivity contribution in [3.05, 3.63) is 53.5 Å². The summed E-state index contributed by atoms with van der Waals surface area (Å²) >= 11 is 0. The first kappa shape index (κ1) is 19.2. The Morgan fingerprint density at radius 2 is 2.00 bits per heavy atom. The molecular formula is C18H24N2O4S. The summed E-state index contributed by atoms with van der Waals surface area (Å²) in [7, 11) is -0.649. The highest BCUT2D eigenvalue weighted by molar-refractivity contribution is 7.89. The molecular weight excluding hydrogens is 340 g/mol. The molecule has 0 saturated heterocycles. The normalized spacial score (nSPS) is 13.0. The molecule has 0 aliphatic rings. The van der Waals surface area contributed by atoms with Crippen molar-refractivity contribution in [1.82, 2.24) is 9.62 Å². The zero-order valence-electron chi connectivity index (χ0n) is 14.9. The lowest BCUT2D eigenvalue weighted by Crippen LogP contribution is -2.33. The minimum Gasteiger partial charge on any atom is -0.469 e. The van der Waals surface area contributed by atoms with E-state index < -0.39 is 10.0 Å². The molecule has 2 rings (SSSR count). The molecule has 0 bridgehead atoms. The van der Waals surface area contributed by atoms with Crippen molar-refractivity contribution >= 4 is 15.9 Å². The maximum atomic E-state index is 12.5. The van der Waals surface area contributed by atoms with Gasteiger partial charge in [-0.2, -0.15) is 0 Å². The number of nitrogens with zero attached hydrogens (tertiary/aromatic N) is 1. The van der Waals surface area contributed by atoms with Crippen molar-refractivity contribution in [3.63, 3.8) is 0 Å². The molecule has 7 heteroatoms. The van der Waals surface area contributed by atoms with Crippen LogP contribution in [-0.2, 0) is 16.4 Å². The summed E-state index contributed by atoms with van der Waals surface area (Å²) in [6.07, 6.45) is 3.08. The molecule has 1 N–H and O–H groups in total. The topological polar surface area (TPSA) is 79.6 Å². The fraction of sp³-hybridized carbons (Fsp3) is 0.389. The van der Waals surface area contributed by atoms with E-state index in [2.05, 4.69) is 5.32 Å². The Bertz CT molecular complexity index is 827. The van der Waals surface area contributed by atoms with E-state index in [4.69, 9.17) is 4.42 Å². The van der Waals surface area contributed by atoms with Crippen LogP contribution in [0.25, 0.3) is 0 Å². The molecule has 136 valence electrons. The number of benzene rings is 1. The Hall–Kier alpha value is -2.12. The van der Waals surface area contributed by atoms with Crippen molar-refractivity contribution in [1.29, 1.82) is 0 Å².